The van der Waals surface area contributed by atoms with Crippen molar-refractivity contribution in [1.82, 2.24) is 9.78 Å². The van der Waals surface area contributed by atoms with Crippen molar-refractivity contribution in [3.63, 3.8) is 0 Å². The van der Waals surface area contributed by atoms with Crippen LogP contribution in [0.25, 0.3) is 11.1 Å². The largest absolute Gasteiger partial charge is 0.490 e. The summed E-state index contributed by atoms with van der Waals surface area (Å²) < 4.78 is 13.1. The molecule has 100 valence electrons. The van der Waals surface area contributed by atoms with E-state index in [1.165, 1.54) is 0 Å². The van der Waals surface area contributed by atoms with Crippen LogP contribution in [0.4, 0.5) is 5.82 Å². The van der Waals surface area contributed by atoms with Crippen LogP contribution in [0.15, 0.2) is 18.3 Å². The smallest absolute Gasteiger partial charge is 0.164 e. The molecule has 0 aliphatic carbocycles. The lowest BCUT2D eigenvalue weighted by molar-refractivity contribution is 0.296. The summed E-state index contributed by atoms with van der Waals surface area (Å²) in [6, 6.07) is 3.95. The number of hydrogen-bond acceptors (Lipinski definition) is 4. The van der Waals surface area contributed by atoms with Crippen molar-refractivity contribution in [2.45, 2.75) is 13.3 Å². The molecule has 5 heteroatoms. The van der Waals surface area contributed by atoms with Crippen LogP contribution in [0.1, 0.15) is 12.0 Å². The van der Waals surface area contributed by atoms with Gasteiger partial charge in [0.05, 0.1) is 19.4 Å². The summed E-state index contributed by atoms with van der Waals surface area (Å²) in [7, 11) is 1.83. The second-order valence-corrected chi connectivity index (χ2v) is 4.68. The molecule has 2 heterocycles. The van der Waals surface area contributed by atoms with Gasteiger partial charge in [-0.1, -0.05) is 0 Å². The maximum absolute atomic E-state index is 6.04. The number of aryl methyl sites for hydroxylation is 1. The number of nitrogen functional groups attached to an aromatic ring is 1. The molecule has 1 aromatic carbocycles. The van der Waals surface area contributed by atoms with Crippen LogP contribution >= 0.6 is 0 Å². The minimum Gasteiger partial charge on any atom is -0.490 e. The van der Waals surface area contributed by atoms with Gasteiger partial charge in [0.15, 0.2) is 11.5 Å². The highest BCUT2D eigenvalue weighted by Gasteiger charge is 2.18. The normalized spacial score (nSPS) is 14.2. The first-order chi connectivity index (χ1) is 9.18. The lowest BCUT2D eigenvalue weighted by atomic mass is 10.0. The first-order valence-electron chi connectivity index (χ1n) is 6.35. The Balaban J connectivity index is 2.13. The Hall–Kier alpha value is -2.17. The fourth-order valence-corrected chi connectivity index (χ4v) is 2.32. The molecule has 5 nitrogen and oxygen atoms in total. The molecule has 1 aliphatic rings. The monoisotopic (exact) mass is 259 g/mol. The molecule has 0 fully saturated rings. The quantitative estimate of drug-likeness (QED) is 0.852. The molecule has 0 atom stereocenters. The number of nitrogens with two attached hydrogens (primary N) is 1. The van der Waals surface area contributed by atoms with Crippen LogP contribution in [-0.4, -0.2) is 23.0 Å². The van der Waals surface area contributed by atoms with Crippen molar-refractivity contribution >= 4 is 5.82 Å². The van der Waals surface area contributed by atoms with Crippen molar-refractivity contribution < 1.29 is 9.47 Å². The molecule has 19 heavy (non-hydrogen) atoms. The minimum atomic E-state index is 0.651. The summed E-state index contributed by atoms with van der Waals surface area (Å²) in [5.41, 5.74) is 9.04. The van der Waals surface area contributed by atoms with E-state index in [1.54, 1.807) is 10.9 Å². The van der Waals surface area contributed by atoms with Crippen LogP contribution in [0.3, 0.4) is 0 Å². The fourth-order valence-electron chi connectivity index (χ4n) is 2.32. The molecule has 0 spiro atoms. The van der Waals surface area contributed by atoms with Crippen LogP contribution in [0, 0.1) is 6.92 Å². The first-order valence-corrected chi connectivity index (χ1v) is 6.35. The second kappa shape index (κ2) is 4.50. The molecule has 0 saturated carbocycles. The SMILES string of the molecule is Cc1c(-c2cnn(C)c2N)ccc2c1OCCCO2. The van der Waals surface area contributed by atoms with E-state index in [9.17, 15) is 0 Å². The van der Waals surface area contributed by atoms with Crippen molar-refractivity contribution in [2.24, 2.45) is 7.05 Å². The van der Waals surface area contributed by atoms with Gasteiger partial charge in [-0.3, -0.25) is 4.68 Å². The third-order valence-corrected chi connectivity index (χ3v) is 3.44. The van der Waals surface area contributed by atoms with Crippen LogP contribution in [0.2, 0.25) is 0 Å². The van der Waals surface area contributed by atoms with Gasteiger partial charge in [-0.2, -0.15) is 5.10 Å². The third-order valence-electron chi connectivity index (χ3n) is 3.44. The van der Waals surface area contributed by atoms with E-state index in [0.29, 0.717) is 19.0 Å². The fraction of sp³-hybridized carbons (Fsp3) is 0.357. The van der Waals surface area contributed by atoms with Gasteiger partial charge >= 0.3 is 0 Å². The van der Waals surface area contributed by atoms with Gasteiger partial charge in [-0.25, -0.2) is 0 Å². The zero-order chi connectivity index (χ0) is 13.4. The number of ether oxygens (including phenoxy) is 2. The van der Waals surface area contributed by atoms with E-state index >= 15 is 0 Å². The molecule has 2 N–H and O–H groups in total. The number of anilines is 1. The molecular formula is C14H17N3O2. The van der Waals surface area contributed by atoms with E-state index in [-0.39, 0.29) is 0 Å². The van der Waals surface area contributed by atoms with Crippen molar-refractivity contribution in [2.75, 3.05) is 18.9 Å². The maximum Gasteiger partial charge on any atom is 0.164 e. The van der Waals surface area contributed by atoms with E-state index < -0.39 is 0 Å². The summed E-state index contributed by atoms with van der Waals surface area (Å²) in [6.45, 7) is 3.40. The van der Waals surface area contributed by atoms with Crippen LogP contribution in [0.5, 0.6) is 11.5 Å². The summed E-state index contributed by atoms with van der Waals surface area (Å²) in [5.74, 6) is 2.28. The maximum atomic E-state index is 6.04. The van der Waals surface area contributed by atoms with Crippen LogP contribution < -0.4 is 15.2 Å². The average Bonchev–Trinajstić information content (AvgIpc) is 2.64. The molecule has 0 saturated heterocycles. The van der Waals surface area contributed by atoms with E-state index in [2.05, 4.69) is 5.10 Å². The van der Waals surface area contributed by atoms with Gasteiger partial charge in [0.2, 0.25) is 0 Å². The number of hydrogen-bond donors (Lipinski definition) is 1. The van der Waals surface area contributed by atoms with Gasteiger partial charge in [0.1, 0.15) is 5.82 Å². The Morgan fingerprint density at radius 1 is 1.21 bits per heavy atom. The summed E-state index contributed by atoms with van der Waals surface area (Å²) in [6.07, 6.45) is 2.68. The first kappa shape index (κ1) is 11.9. The molecule has 0 unspecified atom stereocenters. The lowest BCUT2D eigenvalue weighted by Gasteiger charge is -2.13. The highest BCUT2D eigenvalue weighted by molar-refractivity contribution is 5.78. The van der Waals surface area contributed by atoms with E-state index in [1.807, 2.05) is 26.1 Å². The van der Waals surface area contributed by atoms with Gasteiger partial charge in [0.25, 0.3) is 0 Å². The zero-order valence-corrected chi connectivity index (χ0v) is 11.1. The van der Waals surface area contributed by atoms with Gasteiger partial charge in [0, 0.05) is 24.6 Å². The average molecular weight is 259 g/mol. The summed E-state index contributed by atoms with van der Waals surface area (Å²) >= 11 is 0. The van der Waals surface area contributed by atoms with Crippen molar-refractivity contribution in [3.05, 3.63) is 23.9 Å². The second-order valence-electron chi connectivity index (χ2n) is 4.68. The van der Waals surface area contributed by atoms with E-state index in [0.717, 1.165) is 34.6 Å². The predicted octanol–water partition coefficient (Wildman–Crippen LogP) is 2.14. The zero-order valence-electron chi connectivity index (χ0n) is 11.1. The molecule has 0 amide bonds. The Morgan fingerprint density at radius 2 is 2.00 bits per heavy atom. The molecule has 3 rings (SSSR count). The number of fused-ring (bicyclic) bond motifs is 1. The molecule has 0 radical (unpaired) electrons. The number of benzene rings is 1. The van der Waals surface area contributed by atoms with Crippen molar-refractivity contribution in [1.29, 1.82) is 0 Å². The lowest BCUT2D eigenvalue weighted by Crippen LogP contribution is -2.00. The molecule has 1 aliphatic heterocycles. The Bertz CT molecular complexity index is 619. The summed E-state index contributed by atoms with van der Waals surface area (Å²) in [4.78, 5) is 0. The third kappa shape index (κ3) is 1.91. The van der Waals surface area contributed by atoms with Gasteiger partial charge in [-0.05, 0) is 24.6 Å². The number of nitrogens with zero attached hydrogens (tertiary/aromatic N) is 2. The Morgan fingerprint density at radius 3 is 2.74 bits per heavy atom. The number of rotatable bonds is 1. The Labute approximate surface area is 111 Å². The minimum absolute atomic E-state index is 0.651. The van der Waals surface area contributed by atoms with Gasteiger partial charge < -0.3 is 15.2 Å². The topological polar surface area (TPSA) is 62.3 Å². The highest BCUT2D eigenvalue weighted by atomic mass is 16.5. The molecule has 2 aromatic rings. The standard InChI is InChI=1S/C14H17N3O2/c1-9-10(11-8-16-17(2)14(11)15)4-5-12-13(9)19-7-3-6-18-12/h4-5,8H,3,6-7,15H2,1-2H3. The summed E-state index contributed by atoms with van der Waals surface area (Å²) in [5, 5.41) is 4.18. The van der Waals surface area contributed by atoms with E-state index in [4.69, 9.17) is 15.2 Å². The molecule has 1 aromatic heterocycles. The van der Waals surface area contributed by atoms with Crippen LogP contribution in [-0.2, 0) is 7.05 Å². The molecule has 0 bridgehead atoms. The Kier molecular flexibility index (Phi) is 2.81. The predicted molar refractivity (Wildman–Crippen MR) is 73.4 cm³/mol. The highest BCUT2D eigenvalue weighted by Crippen LogP contribution is 2.40. The van der Waals surface area contributed by atoms with Crippen molar-refractivity contribution in [3.8, 4) is 22.6 Å². The number of aromatic nitrogens is 2. The molecular weight excluding hydrogens is 242 g/mol. The van der Waals surface area contributed by atoms with Gasteiger partial charge in [-0.15, -0.1) is 0 Å².